The standard InChI is InChI=1S/C28H42O9/c1-3-21(29)7-8-22-23-13-19-5-4-6-26(24(19)14-20(23)15-25(22)30)36-17-28(33)37-18(2)16-35-12-11-34-10-9-27(31)32/h4-6,18,20-23,25,29-30H,3,7-17H2,1-2H3,(H,31,32)/t18?,20-,21-,22+,23-,25+/m0/s1. The minimum atomic E-state index is -0.908. The van der Waals surface area contributed by atoms with Crippen molar-refractivity contribution in [2.24, 2.45) is 17.8 Å². The van der Waals surface area contributed by atoms with Crippen LogP contribution in [0.3, 0.4) is 0 Å². The molecule has 3 N–H and O–H groups in total. The number of rotatable bonds is 16. The van der Waals surface area contributed by atoms with E-state index in [1.807, 2.05) is 19.1 Å². The van der Waals surface area contributed by atoms with Crippen molar-refractivity contribution in [1.29, 1.82) is 0 Å². The molecule has 9 heteroatoms. The number of aliphatic hydroxyl groups is 2. The number of hydrogen-bond donors (Lipinski definition) is 3. The summed E-state index contributed by atoms with van der Waals surface area (Å²) in [7, 11) is 0. The first-order chi connectivity index (χ1) is 17.8. The number of carbonyl (C=O) groups excluding carboxylic acids is 1. The number of benzene rings is 1. The van der Waals surface area contributed by atoms with E-state index in [-0.39, 0.29) is 57.6 Å². The lowest BCUT2D eigenvalue weighted by Crippen LogP contribution is -2.28. The molecule has 3 rings (SSSR count). The Bertz CT molecular complexity index is 873. The van der Waals surface area contributed by atoms with Gasteiger partial charge in [-0.1, -0.05) is 19.1 Å². The Morgan fingerprint density at radius 3 is 2.68 bits per heavy atom. The van der Waals surface area contributed by atoms with Gasteiger partial charge in [-0.25, -0.2) is 4.79 Å². The molecule has 208 valence electrons. The summed E-state index contributed by atoms with van der Waals surface area (Å²) in [5, 5.41) is 29.3. The molecule has 0 heterocycles. The summed E-state index contributed by atoms with van der Waals surface area (Å²) in [5.74, 6) is 0.275. The largest absolute Gasteiger partial charge is 0.482 e. The second-order valence-electron chi connectivity index (χ2n) is 10.3. The molecule has 0 saturated heterocycles. The van der Waals surface area contributed by atoms with Gasteiger partial charge in [0.1, 0.15) is 11.9 Å². The Morgan fingerprint density at radius 2 is 1.92 bits per heavy atom. The van der Waals surface area contributed by atoms with Gasteiger partial charge in [0.05, 0.1) is 45.1 Å². The van der Waals surface area contributed by atoms with E-state index in [4.69, 9.17) is 24.1 Å². The van der Waals surface area contributed by atoms with E-state index < -0.39 is 18.0 Å². The molecule has 1 fully saturated rings. The normalized spacial score (nSPS) is 24.1. The van der Waals surface area contributed by atoms with Crippen LogP contribution in [0.5, 0.6) is 5.75 Å². The third-order valence-electron chi connectivity index (χ3n) is 7.51. The van der Waals surface area contributed by atoms with Crippen molar-refractivity contribution in [2.75, 3.05) is 33.0 Å². The second kappa shape index (κ2) is 14.7. The minimum absolute atomic E-state index is 0.0492. The number of fused-ring (bicyclic) bond motifs is 2. The molecular weight excluding hydrogens is 480 g/mol. The van der Waals surface area contributed by atoms with E-state index in [9.17, 15) is 19.8 Å². The zero-order valence-corrected chi connectivity index (χ0v) is 22.0. The van der Waals surface area contributed by atoms with Gasteiger partial charge < -0.3 is 34.3 Å². The highest BCUT2D eigenvalue weighted by atomic mass is 16.6. The lowest BCUT2D eigenvalue weighted by atomic mass is 9.73. The topological polar surface area (TPSA) is 132 Å². The monoisotopic (exact) mass is 522 g/mol. The minimum Gasteiger partial charge on any atom is -0.482 e. The van der Waals surface area contributed by atoms with Crippen molar-refractivity contribution < 1.29 is 43.9 Å². The summed E-state index contributed by atoms with van der Waals surface area (Å²) in [6, 6.07) is 5.92. The summed E-state index contributed by atoms with van der Waals surface area (Å²) in [5.41, 5.74) is 2.31. The first kappa shape index (κ1) is 29.4. The molecule has 37 heavy (non-hydrogen) atoms. The molecule has 1 saturated carbocycles. The molecular formula is C28H42O9. The van der Waals surface area contributed by atoms with E-state index in [1.54, 1.807) is 6.92 Å². The van der Waals surface area contributed by atoms with E-state index in [0.29, 0.717) is 17.6 Å². The highest BCUT2D eigenvalue weighted by molar-refractivity contribution is 5.71. The van der Waals surface area contributed by atoms with Crippen LogP contribution in [-0.2, 0) is 36.6 Å². The van der Waals surface area contributed by atoms with Crippen molar-refractivity contribution >= 4 is 11.9 Å². The third kappa shape index (κ3) is 8.95. The Balaban J connectivity index is 1.43. The Kier molecular flexibility index (Phi) is 11.6. The number of aliphatic hydroxyl groups excluding tert-OH is 2. The van der Waals surface area contributed by atoms with Gasteiger partial charge in [0.25, 0.3) is 0 Å². The quantitative estimate of drug-likeness (QED) is 0.221. The highest BCUT2D eigenvalue weighted by Gasteiger charge is 2.44. The summed E-state index contributed by atoms with van der Waals surface area (Å²) in [6.45, 7) is 4.40. The molecule has 6 atom stereocenters. The molecule has 0 aromatic heterocycles. The fraction of sp³-hybridized carbons (Fsp3) is 0.714. The van der Waals surface area contributed by atoms with Crippen LogP contribution in [0.2, 0.25) is 0 Å². The maximum absolute atomic E-state index is 12.3. The molecule has 2 aliphatic carbocycles. The van der Waals surface area contributed by atoms with Gasteiger partial charge in [0.2, 0.25) is 0 Å². The number of aliphatic carboxylic acids is 1. The molecule has 0 radical (unpaired) electrons. The maximum Gasteiger partial charge on any atom is 0.344 e. The molecule has 0 aliphatic heterocycles. The summed E-state index contributed by atoms with van der Waals surface area (Å²) in [4.78, 5) is 22.7. The first-order valence-electron chi connectivity index (χ1n) is 13.4. The average Bonchev–Trinajstić information content (AvgIpc) is 3.17. The first-order valence-corrected chi connectivity index (χ1v) is 13.4. The van der Waals surface area contributed by atoms with Gasteiger partial charge in [0, 0.05) is 0 Å². The zero-order valence-electron chi connectivity index (χ0n) is 22.0. The van der Waals surface area contributed by atoms with Crippen LogP contribution in [0.1, 0.15) is 57.1 Å². The summed E-state index contributed by atoms with van der Waals surface area (Å²) in [6.07, 6.45) is 3.60. The molecule has 9 nitrogen and oxygen atoms in total. The van der Waals surface area contributed by atoms with E-state index >= 15 is 0 Å². The van der Waals surface area contributed by atoms with Gasteiger partial charge in [-0.15, -0.1) is 0 Å². The van der Waals surface area contributed by atoms with Crippen LogP contribution in [0, 0.1) is 17.8 Å². The lowest BCUT2D eigenvalue weighted by Gasteiger charge is -2.32. The van der Waals surface area contributed by atoms with E-state index in [1.165, 1.54) is 5.56 Å². The van der Waals surface area contributed by atoms with Crippen molar-refractivity contribution in [3.05, 3.63) is 29.3 Å². The summed E-state index contributed by atoms with van der Waals surface area (Å²) >= 11 is 0. The number of carboxylic acids is 1. The SMILES string of the molecule is CC[C@H](O)CC[C@@H]1[C@H]2Cc3cccc(OCC(=O)OC(C)COCCOCCC(=O)O)c3C[C@H]2C[C@H]1O. The molecule has 1 unspecified atom stereocenters. The fourth-order valence-corrected chi connectivity index (χ4v) is 5.59. The fourth-order valence-electron chi connectivity index (χ4n) is 5.59. The van der Waals surface area contributed by atoms with Crippen LogP contribution < -0.4 is 4.74 Å². The second-order valence-corrected chi connectivity index (χ2v) is 10.3. The van der Waals surface area contributed by atoms with Crippen LogP contribution in [0.4, 0.5) is 0 Å². The lowest BCUT2D eigenvalue weighted by molar-refractivity contribution is -0.153. The number of esters is 1. The van der Waals surface area contributed by atoms with E-state index in [0.717, 1.165) is 44.1 Å². The van der Waals surface area contributed by atoms with Gasteiger partial charge in [-0.05, 0) is 80.4 Å². The molecule has 0 amide bonds. The number of carboxylic acid groups (broad SMARTS) is 1. The van der Waals surface area contributed by atoms with Gasteiger partial charge >= 0.3 is 11.9 Å². The van der Waals surface area contributed by atoms with Crippen LogP contribution in [0.25, 0.3) is 0 Å². The third-order valence-corrected chi connectivity index (χ3v) is 7.51. The van der Waals surface area contributed by atoms with Crippen LogP contribution >= 0.6 is 0 Å². The maximum atomic E-state index is 12.3. The highest BCUT2D eigenvalue weighted by Crippen LogP contribution is 2.48. The van der Waals surface area contributed by atoms with E-state index in [2.05, 4.69) is 6.07 Å². The van der Waals surface area contributed by atoms with Crippen LogP contribution in [-0.4, -0.2) is 78.6 Å². The number of carbonyl (C=O) groups is 2. The van der Waals surface area contributed by atoms with Crippen molar-refractivity contribution in [2.45, 2.75) is 77.1 Å². The predicted molar refractivity (Wildman–Crippen MR) is 135 cm³/mol. The Hall–Kier alpha value is -2.20. The summed E-state index contributed by atoms with van der Waals surface area (Å²) < 4.78 is 21.8. The molecule has 0 spiro atoms. The van der Waals surface area contributed by atoms with Crippen molar-refractivity contribution in [1.82, 2.24) is 0 Å². The smallest absolute Gasteiger partial charge is 0.344 e. The van der Waals surface area contributed by atoms with Gasteiger partial charge in [-0.2, -0.15) is 0 Å². The molecule has 2 aliphatic rings. The van der Waals surface area contributed by atoms with Crippen molar-refractivity contribution in [3.63, 3.8) is 0 Å². The zero-order chi connectivity index (χ0) is 26.8. The number of ether oxygens (including phenoxy) is 4. The molecule has 1 aromatic carbocycles. The van der Waals surface area contributed by atoms with Crippen LogP contribution in [0.15, 0.2) is 18.2 Å². The van der Waals surface area contributed by atoms with Crippen molar-refractivity contribution in [3.8, 4) is 5.75 Å². The van der Waals surface area contributed by atoms with Gasteiger partial charge in [-0.3, -0.25) is 4.79 Å². The average molecular weight is 523 g/mol. The molecule has 0 bridgehead atoms. The Labute approximate surface area is 219 Å². The van der Waals surface area contributed by atoms with Gasteiger partial charge in [0.15, 0.2) is 6.61 Å². The predicted octanol–water partition coefficient (Wildman–Crippen LogP) is 2.77. The number of hydrogen-bond acceptors (Lipinski definition) is 8. The molecule has 1 aromatic rings. The Morgan fingerprint density at radius 1 is 1.14 bits per heavy atom.